The van der Waals surface area contributed by atoms with Gasteiger partial charge in [0.05, 0.1) is 12.2 Å². The summed E-state index contributed by atoms with van der Waals surface area (Å²) in [7, 11) is 1.79. The van der Waals surface area contributed by atoms with Crippen LogP contribution in [0.5, 0.6) is 0 Å². The van der Waals surface area contributed by atoms with Crippen LogP contribution in [0.2, 0.25) is 5.02 Å². The zero-order valence-corrected chi connectivity index (χ0v) is 19.9. The SMILES string of the molecule is CN=C(NCCCN1CCN(c2cccc(Cl)c2)CC1)NCc1ccccn1.I. The van der Waals surface area contributed by atoms with E-state index in [0.717, 1.165) is 62.4 Å². The number of aliphatic imine (C=N–C) groups is 1. The molecule has 6 nitrogen and oxygen atoms in total. The molecule has 2 N–H and O–H groups in total. The number of guanidine groups is 1. The van der Waals surface area contributed by atoms with Crippen molar-refractivity contribution in [3.05, 3.63) is 59.4 Å². The first-order chi connectivity index (χ1) is 13.7. The minimum Gasteiger partial charge on any atom is -0.369 e. The quantitative estimate of drug-likeness (QED) is 0.250. The molecule has 0 amide bonds. The van der Waals surface area contributed by atoms with E-state index in [1.807, 2.05) is 36.4 Å². The van der Waals surface area contributed by atoms with Crippen molar-refractivity contribution in [3.8, 4) is 0 Å². The molecule has 0 atom stereocenters. The van der Waals surface area contributed by atoms with E-state index in [2.05, 4.69) is 36.5 Å². The van der Waals surface area contributed by atoms with E-state index in [1.54, 1.807) is 13.2 Å². The van der Waals surface area contributed by atoms with Crippen LogP contribution in [0.3, 0.4) is 0 Å². The lowest BCUT2D eigenvalue weighted by Crippen LogP contribution is -2.47. The van der Waals surface area contributed by atoms with Crippen LogP contribution in [-0.4, -0.2) is 62.2 Å². The molecule has 1 aromatic heterocycles. The maximum absolute atomic E-state index is 6.11. The van der Waals surface area contributed by atoms with Crippen molar-refractivity contribution in [1.82, 2.24) is 20.5 Å². The summed E-state index contributed by atoms with van der Waals surface area (Å²) in [5.41, 5.74) is 2.22. The molecule has 1 saturated heterocycles. The highest BCUT2D eigenvalue weighted by molar-refractivity contribution is 14.0. The first-order valence-electron chi connectivity index (χ1n) is 9.82. The Bertz CT molecular complexity index is 750. The summed E-state index contributed by atoms with van der Waals surface area (Å²) >= 11 is 6.11. The Kier molecular flexibility index (Phi) is 10.5. The summed E-state index contributed by atoms with van der Waals surface area (Å²) < 4.78 is 0. The van der Waals surface area contributed by atoms with Crippen molar-refractivity contribution in [1.29, 1.82) is 0 Å². The number of pyridine rings is 1. The Morgan fingerprint density at radius 1 is 1.10 bits per heavy atom. The molecule has 0 spiro atoms. The third kappa shape index (κ3) is 7.98. The number of benzene rings is 1. The van der Waals surface area contributed by atoms with Crippen molar-refractivity contribution < 1.29 is 0 Å². The number of hydrogen-bond donors (Lipinski definition) is 2. The molecule has 1 aliphatic rings. The lowest BCUT2D eigenvalue weighted by atomic mass is 10.2. The molecule has 0 radical (unpaired) electrons. The fourth-order valence-electron chi connectivity index (χ4n) is 3.31. The molecule has 8 heteroatoms. The van der Waals surface area contributed by atoms with Crippen LogP contribution in [0.15, 0.2) is 53.7 Å². The third-order valence-corrected chi connectivity index (χ3v) is 5.11. The molecule has 3 rings (SSSR count). The van der Waals surface area contributed by atoms with Gasteiger partial charge in [-0.25, -0.2) is 0 Å². The smallest absolute Gasteiger partial charge is 0.191 e. The number of aromatic nitrogens is 1. The van der Waals surface area contributed by atoms with Gasteiger partial charge in [0, 0.05) is 56.7 Å². The second-order valence-electron chi connectivity index (χ2n) is 6.84. The molecule has 1 aromatic carbocycles. The van der Waals surface area contributed by atoms with Crippen LogP contribution in [0, 0.1) is 0 Å². The van der Waals surface area contributed by atoms with E-state index >= 15 is 0 Å². The molecule has 0 saturated carbocycles. The lowest BCUT2D eigenvalue weighted by molar-refractivity contribution is 0.255. The van der Waals surface area contributed by atoms with Gasteiger partial charge in [-0.2, -0.15) is 0 Å². The lowest BCUT2D eigenvalue weighted by Gasteiger charge is -2.36. The fourth-order valence-corrected chi connectivity index (χ4v) is 3.49. The Balaban J connectivity index is 0.00000300. The van der Waals surface area contributed by atoms with Gasteiger partial charge in [-0.15, -0.1) is 24.0 Å². The summed E-state index contributed by atoms with van der Waals surface area (Å²) in [4.78, 5) is 13.5. The van der Waals surface area contributed by atoms with Crippen LogP contribution in [-0.2, 0) is 6.54 Å². The summed E-state index contributed by atoms with van der Waals surface area (Å²) in [6.07, 6.45) is 2.89. The van der Waals surface area contributed by atoms with Crippen molar-refractivity contribution in [3.63, 3.8) is 0 Å². The van der Waals surface area contributed by atoms with Gasteiger partial charge in [0.2, 0.25) is 0 Å². The molecule has 1 aliphatic heterocycles. The first kappa shape index (κ1) is 23.7. The first-order valence-corrected chi connectivity index (χ1v) is 10.2. The highest BCUT2D eigenvalue weighted by Crippen LogP contribution is 2.20. The molecule has 1 fully saturated rings. The summed E-state index contributed by atoms with van der Waals surface area (Å²) in [6, 6.07) is 14.0. The molecule has 29 heavy (non-hydrogen) atoms. The molecular weight excluding hydrogens is 499 g/mol. The zero-order chi connectivity index (χ0) is 19.6. The maximum Gasteiger partial charge on any atom is 0.191 e. The van der Waals surface area contributed by atoms with E-state index in [1.165, 1.54) is 5.69 Å². The van der Waals surface area contributed by atoms with E-state index < -0.39 is 0 Å². The van der Waals surface area contributed by atoms with E-state index in [-0.39, 0.29) is 24.0 Å². The average Bonchev–Trinajstić information content (AvgIpc) is 2.74. The highest BCUT2D eigenvalue weighted by atomic mass is 127. The van der Waals surface area contributed by atoms with Gasteiger partial charge in [-0.05, 0) is 43.3 Å². The van der Waals surface area contributed by atoms with Gasteiger partial charge >= 0.3 is 0 Å². The van der Waals surface area contributed by atoms with Gasteiger partial charge in [-0.1, -0.05) is 23.7 Å². The standard InChI is InChI=1S/C21H29ClN6.HI/c1-23-21(26-17-19-7-2-3-9-24-19)25-10-5-11-27-12-14-28(15-13-27)20-8-4-6-18(22)16-20;/h2-4,6-9,16H,5,10-15,17H2,1H3,(H2,23,25,26);1H. The predicted molar refractivity (Wildman–Crippen MR) is 133 cm³/mol. The van der Waals surface area contributed by atoms with E-state index in [9.17, 15) is 0 Å². The number of nitrogens with zero attached hydrogens (tertiary/aromatic N) is 4. The molecule has 2 heterocycles. The van der Waals surface area contributed by atoms with Gasteiger partial charge in [0.25, 0.3) is 0 Å². The second kappa shape index (κ2) is 12.9. The van der Waals surface area contributed by atoms with Crippen molar-refractivity contribution in [2.75, 3.05) is 51.2 Å². The van der Waals surface area contributed by atoms with Gasteiger partial charge in [0.15, 0.2) is 5.96 Å². The maximum atomic E-state index is 6.11. The number of halogens is 2. The summed E-state index contributed by atoms with van der Waals surface area (Å²) in [5, 5.41) is 7.48. The zero-order valence-electron chi connectivity index (χ0n) is 16.9. The molecule has 0 bridgehead atoms. The van der Waals surface area contributed by atoms with E-state index in [0.29, 0.717) is 6.54 Å². The van der Waals surface area contributed by atoms with E-state index in [4.69, 9.17) is 11.6 Å². The highest BCUT2D eigenvalue weighted by Gasteiger charge is 2.16. The van der Waals surface area contributed by atoms with Crippen LogP contribution in [0.4, 0.5) is 5.69 Å². The van der Waals surface area contributed by atoms with Crippen molar-refractivity contribution in [2.45, 2.75) is 13.0 Å². The molecule has 0 aliphatic carbocycles. The number of nitrogens with one attached hydrogen (secondary N) is 2. The molecule has 0 unspecified atom stereocenters. The number of rotatable bonds is 7. The van der Waals surface area contributed by atoms with Crippen LogP contribution >= 0.6 is 35.6 Å². The Labute approximate surface area is 195 Å². The van der Waals surface area contributed by atoms with Gasteiger partial charge in [0.1, 0.15) is 0 Å². The minimum absolute atomic E-state index is 0. The second-order valence-corrected chi connectivity index (χ2v) is 7.27. The third-order valence-electron chi connectivity index (χ3n) is 4.88. The summed E-state index contributed by atoms with van der Waals surface area (Å²) in [5.74, 6) is 0.816. The largest absolute Gasteiger partial charge is 0.369 e. The fraction of sp³-hybridized carbons (Fsp3) is 0.429. The Morgan fingerprint density at radius 3 is 2.62 bits per heavy atom. The van der Waals surface area contributed by atoms with Crippen molar-refractivity contribution in [2.24, 2.45) is 4.99 Å². The molecule has 158 valence electrons. The monoisotopic (exact) mass is 528 g/mol. The van der Waals surface area contributed by atoms with Crippen LogP contribution < -0.4 is 15.5 Å². The van der Waals surface area contributed by atoms with Crippen molar-refractivity contribution >= 4 is 47.2 Å². The van der Waals surface area contributed by atoms with Crippen LogP contribution in [0.25, 0.3) is 0 Å². The van der Waals surface area contributed by atoms with Gasteiger partial charge in [-0.3, -0.25) is 14.9 Å². The molecule has 2 aromatic rings. The van der Waals surface area contributed by atoms with Crippen LogP contribution in [0.1, 0.15) is 12.1 Å². The summed E-state index contributed by atoms with van der Waals surface area (Å²) in [6.45, 7) is 6.91. The minimum atomic E-state index is 0. The average molecular weight is 529 g/mol. The number of anilines is 1. The normalized spacial score (nSPS) is 15.0. The number of hydrogen-bond acceptors (Lipinski definition) is 4. The predicted octanol–water partition coefficient (Wildman–Crippen LogP) is 3.23. The Hall–Kier alpha value is -1.58. The Morgan fingerprint density at radius 2 is 1.93 bits per heavy atom. The topological polar surface area (TPSA) is 55.8 Å². The number of piperazine rings is 1. The molecular formula is C21H30ClIN6. The van der Waals surface area contributed by atoms with Gasteiger partial charge < -0.3 is 15.5 Å².